The summed E-state index contributed by atoms with van der Waals surface area (Å²) in [5.41, 5.74) is 7.48. The molecule has 0 bridgehead atoms. The Morgan fingerprint density at radius 3 is 2.20 bits per heavy atom. The van der Waals surface area contributed by atoms with Crippen molar-refractivity contribution in [1.29, 1.82) is 0 Å². The number of hydrogen-bond donors (Lipinski definition) is 1. The molecule has 2 N–H and O–H groups in total. The molecule has 3 nitrogen and oxygen atoms in total. The Morgan fingerprint density at radius 1 is 1.10 bits per heavy atom. The maximum absolute atomic E-state index is 6.31. The zero-order chi connectivity index (χ0) is 15.0. The molecule has 0 aromatic heterocycles. The van der Waals surface area contributed by atoms with Crippen molar-refractivity contribution in [2.24, 2.45) is 5.73 Å². The first-order valence-corrected chi connectivity index (χ1v) is 7.80. The van der Waals surface area contributed by atoms with Gasteiger partial charge < -0.3 is 15.4 Å². The van der Waals surface area contributed by atoms with Crippen LogP contribution in [-0.4, -0.2) is 31.1 Å². The smallest absolute Gasteiger partial charge is 0.119 e. The summed E-state index contributed by atoms with van der Waals surface area (Å²) in [6.45, 7) is 8.23. The number of likely N-dealkylation sites (N-methyl/N-ethyl adjacent to an activating group) is 1. The van der Waals surface area contributed by atoms with Gasteiger partial charge in [0, 0.05) is 18.6 Å². The molecule has 0 aliphatic rings. The van der Waals surface area contributed by atoms with Gasteiger partial charge in [0.1, 0.15) is 5.75 Å². The first-order valence-electron chi connectivity index (χ1n) is 7.80. The van der Waals surface area contributed by atoms with Crippen molar-refractivity contribution in [1.82, 2.24) is 4.90 Å². The average Bonchev–Trinajstić information content (AvgIpc) is 2.46. The van der Waals surface area contributed by atoms with Gasteiger partial charge in [0.25, 0.3) is 0 Å². The van der Waals surface area contributed by atoms with Gasteiger partial charge in [-0.2, -0.15) is 0 Å². The van der Waals surface area contributed by atoms with Crippen LogP contribution in [0.2, 0.25) is 0 Å². The SMILES string of the molecule is CCCOc1ccc(C(N)CN(C)C(CC)CC)cc1. The van der Waals surface area contributed by atoms with Crippen LogP contribution in [0, 0.1) is 0 Å². The molecule has 1 aromatic rings. The van der Waals surface area contributed by atoms with Crippen LogP contribution in [0.1, 0.15) is 51.6 Å². The number of rotatable bonds is 9. The van der Waals surface area contributed by atoms with Crippen LogP contribution < -0.4 is 10.5 Å². The van der Waals surface area contributed by atoms with Crippen molar-refractivity contribution in [2.75, 3.05) is 20.2 Å². The monoisotopic (exact) mass is 278 g/mol. The minimum atomic E-state index is 0.0563. The van der Waals surface area contributed by atoms with Crippen molar-refractivity contribution in [2.45, 2.75) is 52.1 Å². The normalized spacial score (nSPS) is 12.9. The fraction of sp³-hybridized carbons (Fsp3) is 0.647. The van der Waals surface area contributed by atoms with Gasteiger partial charge in [-0.1, -0.05) is 32.9 Å². The summed E-state index contributed by atoms with van der Waals surface area (Å²) in [6.07, 6.45) is 3.37. The lowest BCUT2D eigenvalue weighted by Gasteiger charge is -2.28. The van der Waals surface area contributed by atoms with Crippen LogP contribution >= 0.6 is 0 Å². The fourth-order valence-corrected chi connectivity index (χ4v) is 2.51. The van der Waals surface area contributed by atoms with Crippen LogP contribution in [0.15, 0.2) is 24.3 Å². The van der Waals surface area contributed by atoms with Gasteiger partial charge in [-0.25, -0.2) is 0 Å². The Labute approximate surface area is 124 Å². The van der Waals surface area contributed by atoms with Crippen LogP contribution in [-0.2, 0) is 0 Å². The molecule has 0 aliphatic heterocycles. The quantitative estimate of drug-likeness (QED) is 0.750. The van der Waals surface area contributed by atoms with E-state index in [1.165, 1.54) is 18.4 Å². The molecule has 0 saturated carbocycles. The van der Waals surface area contributed by atoms with Crippen molar-refractivity contribution in [3.8, 4) is 5.75 Å². The minimum absolute atomic E-state index is 0.0563. The van der Waals surface area contributed by atoms with Gasteiger partial charge in [0.15, 0.2) is 0 Å². The fourth-order valence-electron chi connectivity index (χ4n) is 2.51. The van der Waals surface area contributed by atoms with E-state index in [-0.39, 0.29) is 6.04 Å². The van der Waals surface area contributed by atoms with Gasteiger partial charge in [-0.15, -0.1) is 0 Å². The van der Waals surface area contributed by atoms with Crippen LogP contribution in [0.4, 0.5) is 0 Å². The highest BCUT2D eigenvalue weighted by Gasteiger charge is 2.15. The van der Waals surface area contributed by atoms with Crippen LogP contribution in [0.3, 0.4) is 0 Å². The summed E-state index contributed by atoms with van der Waals surface area (Å²) >= 11 is 0. The summed E-state index contributed by atoms with van der Waals surface area (Å²) in [6, 6.07) is 8.87. The van der Waals surface area contributed by atoms with E-state index in [9.17, 15) is 0 Å². The minimum Gasteiger partial charge on any atom is -0.494 e. The average molecular weight is 278 g/mol. The maximum Gasteiger partial charge on any atom is 0.119 e. The molecule has 0 heterocycles. The van der Waals surface area contributed by atoms with Gasteiger partial charge in [-0.3, -0.25) is 0 Å². The van der Waals surface area contributed by atoms with Crippen LogP contribution in [0.5, 0.6) is 5.75 Å². The lowest BCUT2D eigenvalue weighted by atomic mass is 10.1. The second-order valence-electron chi connectivity index (χ2n) is 5.43. The van der Waals surface area contributed by atoms with Gasteiger partial charge in [-0.05, 0) is 44.0 Å². The van der Waals surface area contributed by atoms with Gasteiger partial charge in [0.2, 0.25) is 0 Å². The highest BCUT2D eigenvalue weighted by Crippen LogP contribution is 2.18. The van der Waals surface area contributed by atoms with E-state index < -0.39 is 0 Å². The Kier molecular flexibility index (Phi) is 7.63. The van der Waals surface area contributed by atoms with E-state index >= 15 is 0 Å². The number of hydrogen-bond acceptors (Lipinski definition) is 3. The molecule has 114 valence electrons. The molecular weight excluding hydrogens is 248 g/mol. The zero-order valence-electron chi connectivity index (χ0n) is 13.4. The van der Waals surface area contributed by atoms with E-state index in [1.807, 2.05) is 12.1 Å². The first kappa shape index (κ1) is 17.0. The Balaban J connectivity index is 2.56. The molecular formula is C17H30N2O. The number of nitrogens with zero attached hydrogens (tertiary/aromatic N) is 1. The third kappa shape index (κ3) is 5.14. The third-order valence-corrected chi connectivity index (χ3v) is 3.83. The topological polar surface area (TPSA) is 38.5 Å². The van der Waals surface area contributed by atoms with Gasteiger partial charge in [0.05, 0.1) is 6.61 Å². The second-order valence-corrected chi connectivity index (χ2v) is 5.43. The predicted molar refractivity (Wildman–Crippen MR) is 86.2 cm³/mol. The molecule has 1 unspecified atom stereocenters. The molecule has 0 radical (unpaired) electrons. The van der Waals surface area contributed by atoms with Crippen molar-refractivity contribution in [3.63, 3.8) is 0 Å². The maximum atomic E-state index is 6.31. The van der Waals surface area contributed by atoms with E-state index in [0.717, 1.165) is 25.3 Å². The first-order chi connectivity index (χ1) is 9.62. The molecule has 0 spiro atoms. The third-order valence-electron chi connectivity index (χ3n) is 3.83. The van der Waals surface area contributed by atoms with Crippen molar-refractivity contribution in [3.05, 3.63) is 29.8 Å². The molecule has 0 amide bonds. The lowest BCUT2D eigenvalue weighted by Crippen LogP contribution is -2.36. The molecule has 1 aromatic carbocycles. The molecule has 0 aliphatic carbocycles. The summed E-state index contributed by atoms with van der Waals surface area (Å²) in [7, 11) is 2.16. The lowest BCUT2D eigenvalue weighted by molar-refractivity contribution is 0.217. The highest BCUT2D eigenvalue weighted by atomic mass is 16.5. The summed E-state index contributed by atoms with van der Waals surface area (Å²) < 4.78 is 5.59. The number of ether oxygens (including phenoxy) is 1. The van der Waals surface area contributed by atoms with E-state index in [2.05, 4.69) is 44.9 Å². The van der Waals surface area contributed by atoms with E-state index in [4.69, 9.17) is 10.5 Å². The van der Waals surface area contributed by atoms with Crippen molar-refractivity contribution < 1.29 is 4.74 Å². The van der Waals surface area contributed by atoms with Gasteiger partial charge >= 0.3 is 0 Å². The zero-order valence-corrected chi connectivity index (χ0v) is 13.4. The molecule has 3 heteroatoms. The van der Waals surface area contributed by atoms with E-state index in [1.54, 1.807) is 0 Å². The molecule has 20 heavy (non-hydrogen) atoms. The predicted octanol–water partition coefficient (Wildman–Crippen LogP) is 3.60. The largest absolute Gasteiger partial charge is 0.494 e. The second kappa shape index (κ2) is 8.98. The Morgan fingerprint density at radius 2 is 1.70 bits per heavy atom. The summed E-state index contributed by atoms with van der Waals surface area (Å²) in [4.78, 5) is 2.37. The Bertz CT molecular complexity index is 360. The summed E-state index contributed by atoms with van der Waals surface area (Å²) in [5, 5.41) is 0. The van der Waals surface area contributed by atoms with Crippen LogP contribution in [0.25, 0.3) is 0 Å². The standard InChI is InChI=1S/C17H30N2O/c1-5-12-20-16-10-8-14(9-11-16)17(18)13-19(4)15(6-2)7-3/h8-11,15,17H,5-7,12-13,18H2,1-4H3. The number of benzene rings is 1. The Hall–Kier alpha value is -1.06. The molecule has 0 fully saturated rings. The van der Waals surface area contributed by atoms with E-state index in [0.29, 0.717) is 6.04 Å². The molecule has 1 rings (SSSR count). The molecule has 0 saturated heterocycles. The molecule has 1 atom stereocenters. The highest BCUT2D eigenvalue weighted by molar-refractivity contribution is 5.29. The van der Waals surface area contributed by atoms with Crippen molar-refractivity contribution >= 4 is 0 Å². The number of nitrogens with two attached hydrogens (primary N) is 1. The summed E-state index contributed by atoms with van der Waals surface area (Å²) in [5.74, 6) is 0.927.